The summed E-state index contributed by atoms with van der Waals surface area (Å²) in [6.45, 7) is 4.59. The molecule has 1 amide bonds. The molecule has 2 aromatic rings. The molecule has 0 bridgehead atoms. The fourth-order valence-corrected chi connectivity index (χ4v) is 1.96. The minimum atomic E-state index is -0.690. The van der Waals surface area contributed by atoms with Gasteiger partial charge in [0, 0.05) is 24.4 Å². The molecule has 0 aliphatic rings. The van der Waals surface area contributed by atoms with E-state index >= 15 is 0 Å². The number of amides is 1. The third-order valence-corrected chi connectivity index (χ3v) is 3.30. The first-order chi connectivity index (χ1) is 9.95. The number of nitrogens with two attached hydrogens (primary N) is 1. The molecule has 2 rings (SSSR count). The van der Waals surface area contributed by atoms with Crippen molar-refractivity contribution in [3.8, 4) is 0 Å². The summed E-state index contributed by atoms with van der Waals surface area (Å²) in [6, 6.07) is 4.28. The number of primary amides is 1. The van der Waals surface area contributed by atoms with Gasteiger partial charge in [-0.25, -0.2) is 0 Å². The Bertz CT molecular complexity index is 625. The summed E-state index contributed by atoms with van der Waals surface area (Å²) in [7, 11) is 1.95. The van der Waals surface area contributed by atoms with Crippen LogP contribution in [0.5, 0.6) is 0 Å². The molecule has 0 unspecified atom stereocenters. The Morgan fingerprint density at radius 2 is 2.29 bits per heavy atom. The number of nitrogens with zero attached hydrogens (tertiary/aromatic N) is 4. The average molecular weight is 289 g/mol. The number of likely N-dealkylation sites (N-methyl/N-ethyl adjacent to an activating group) is 1. The monoisotopic (exact) mass is 289 g/mol. The molecule has 1 atom stereocenters. The molecule has 0 radical (unpaired) electrons. The van der Waals surface area contributed by atoms with Crippen molar-refractivity contribution in [3.05, 3.63) is 41.3 Å². The first kappa shape index (κ1) is 15.1. The van der Waals surface area contributed by atoms with Crippen LogP contribution in [0.25, 0.3) is 0 Å². The Hall–Kier alpha value is -2.28. The fourth-order valence-electron chi connectivity index (χ4n) is 1.96. The summed E-state index contributed by atoms with van der Waals surface area (Å²) < 4.78 is 5.00. The number of rotatable bonds is 6. The average Bonchev–Trinajstić information content (AvgIpc) is 2.87. The highest BCUT2D eigenvalue weighted by Crippen LogP contribution is 2.10. The molecule has 7 heteroatoms. The maximum Gasteiger partial charge on any atom is 0.290 e. The van der Waals surface area contributed by atoms with Crippen molar-refractivity contribution in [3.63, 3.8) is 0 Å². The van der Waals surface area contributed by atoms with Gasteiger partial charge >= 0.3 is 0 Å². The number of pyridine rings is 1. The molecule has 21 heavy (non-hydrogen) atoms. The summed E-state index contributed by atoms with van der Waals surface area (Å²) >= 11 is 0. The number of aromatic nitrogens is 3. The first-order valence-electron chi connectivity index (χ1n) is 6.70. The van der Waals surface area contributed by atoms with Gasteiger partial charge in [-0.2, -0.15) is 4.98 Å². The van der Waals surface area contributed by atoms with Gasteiger partial charge < -0.3 is 10.3 Å². The van der Waals surface area contributed by atoms with Gasteiger partial charge in [0.1, 0.15) is 0 Å². The number of hydrogen-bond acceptors (Lipinski definition) is 6. The Morgan fingerprint density at radius 1 is 1.52 bits per heavy atom. The van der Waals surface area contributed by atoms with E-state index in [1.165, 1.54) is 5.56 Å². The summed E-state index contributed by atoms with van der Waals surface area (Å²) in [5, 5.41) is 3.52. The van der Waals surface area contributed by atoms with Gasteiger partial charge in [-0.3, -0.25) is 14.7 Å². The molecular formula is C14H19N5O2. The highest BCUT2D eigenvalue weighted by atomic mass is 16.5. The van der Waals surface area contributed by atoms with Gasteiger partial charge in [-0.05, 0) is 38.6 Å². The highest BCUT2D eigenvalue weighted by Gasteiger charge is 2.16. The van der Waals surface area contributed by atoms with Crippen LogP contribution in [0.2, 0.25) is 0 Å². The smallest absolute Gasteiger partial charge is 0.290 e. The normalized spacial score (nSPS) is 12.6. The van der Waals surface area contributed by atoms with E-state index < -0.39 is 5.91 Å². The maximum atomic E-state index is 10.9. The molecule has 0 aromatic carbocycles. The van der Waals surface area contributed by atoms with Crippen LogP contribution in [0.1, 0.15) is 34.7 Å². The van der Waals surface area contributed by atoms with Crippen LogP contribution < -0.4 is 5.73 Å². The standard InChI is InChI=1S/C14H19N5O2/c1-9-4-5-16-11(6-9)7-10(2)19(3)8-12-17-14(13(15)20)18-21-12/h4-6,10H,7-8H2,1-3H3,(H2,15,20)/t10-/m0/s1. The van der Waals surface area contributed by atoms with Crippen LogP contribution in [0.3, 0.4) is 0 Å². The second-order valence-electron chi connectivity index (χ2n) is 5.17. The molecule has 0 saturated carbocycles. The largest absolute Gasteiger partial charge is 0.363 e. The Morgan fingerprint density at radius 3 is 2.90 bits per heavy atom. The quantitative estimate of drug-likeness (QED) is 0.849. The molecule has 0 fully saturated rings. The van der Waals surface area contributed by atoms with Crippen molar-refractivity contribution in [2.24, 2.45) is 5.73 Å². The Balaban J connectivity index is 1.95. The molecule has 2 heterocycles. The van der Waals surface area contributed by atoms with Crippen molar-refractivity contribution in [1.82, 2.24) is 20.0 Å². The van der Waals surface area contributed by atoms with Gasteiger partial charge in [0.2, 0.25) is 5.89 Å². The van der Waals surface area contributed by atoms with Crippen LogP contribution in [-0.2, 0) is 13.0 Å². The van der Waals surface area contributed by atoms with E-state index in [9.17, 15) is 4.79 Å². The van der Waals surface area contributed by atoms with Crippen LogP contribution in [-0.4, -0.2) is 39.0 Å². The lowest BCUT2D eigenvalue weighted by Crippen LogP contribution is -2.30. The van der Waals surface area contributed by atoms with Crippen molar-refractivity contribution in [2.45, 2.75) is 32.9 Å². The van der Waals surface area contributed by atoms with Crippen LogP contribution in [0.15, 0.2) is 22.9 Å². The molecule has 0 saturated heterocycles. The van der Waals surface area contributed by atoms with Gasteiger partial charge in [-0.1, -0.05) is 5.16 Å². The summed E-state index contributed by atoms with van der Waals surface area (Å²) in [5.41, 5.74) is 7.32. The zero-order valence-corrected chi connectivity index (χ0v) is 12.4. The van der Waals surface area contributed by atoms with E-state index in [1.54, 1.807) is 0 Å². The van der Waals surface area contributed by atoms with E-state index in [-0.39, 0.29) is 11.9 Å². The Labute approximate surface area is 123 Å². The molecule has 2 aromatic heterocycles. The number of carbonyl (C=O) groups excluding carboxylic acids is 1. The fraction of sp³-hybridized carbons (Fsp3) is 0.429. The van der Waals surface area contributed by atoms with E-state index in [1.807, 2.05) is 26.2 Å². The molecule has 0 spiro atoms. The van der Waals surface area contributed by atoms with Crippen LogP contribution >= 0.6 is 0 Å². The highest BCUT2D eigenvalue weighted by molar-refractivity contribution is 5.88. The predicted octanol–water partition coefficient (Wildman–Crippen LogP) is 0.935. The van der Waals surface area contributed by atoms with Crippen LogP contribution in [0, 0.1) is 6.92 Å². The van der Waals surface area contributed by atoms with Crippen LogP contribution in [0.4, 0.5) is 0 Å². The lowest BCUT2D eigenvalue weighted by Gasteiger charge is -2.22. The third-order valence-electron chi connectivity index (χ3n) is 3.30. The van der Waals surface area contributed by atoms with Gasteiger partial charge in [-0.15, -0.1) is 0 Å². The number of hydrogen-bond donors (Lipinski definition) is 1. The van der Waals surface area contributed by atoms with E-state index in [2.05, 4.69) is 33.0 Å². The molecule has 7 nitrogen and oxygen atoms in total. The van der Waals surface area contributed by atoms with Crippen molar-refractivity contribution in [1.29, 1.82) is 0 Å². The Kier molecular flexibility index (Phi) is 4.64. The third kappa shape index (κ3) is 4.09. The summed E-state index contributed by atoms with van der Waals surface area (Å²) in [5.74, 6) is -0.411. The van der Waals surface area contributed by atoms with Crippen molar-refractivity contribution >= 4 is 5.91 Å². The minimum Gasteiger partial charge on any atom is -0.363 e. The lowest BCUT2D eigenvalue weighted by molar-refractivity contribution is 0.0987. The second kappa shape index (κ2) is 6.45. The minimum absolute atomic E-state index is 0.0913. The predicted molar refractivity (Wildman–Crippen MR) is 76.4 cm³/mol. The number of aryl methyl sites for hydroxylation is 1. The summed E-state index contributed by atoms with van der Waals surface area (Å²) in [6.07, 6.45) is 2.63. The zero-order valence-electron chi connectivity index (χ0n) is 12.4. The van der Waals surface area contributed by atoms with Crippen molar-refractivity contribution in [2.75, 3.05) is 7.05 Å². The molecule has 112 valence electrons. The van der Waals surface area contributed by atoms with Gasteiger partial charge in [0.15, 0.2) is 0 Å². The lowest BCUT2D eigenvalue weighted by atomic mass is 10.1. The van der Waals surface area contributed by atoms with Crippen molar-refractivity contribution < 1.29 is 9.32 Å². The molecule has 0 aliphatic carbocycles. The zero-order chi connectivity index (χ0) is 15.4. The topological polar surface area (TPSA) is 98.1 Å². The first-order valence-corrected chi connectivity index (χ1v) is 6.70. The molecule has 0 aliphatic heterocycles. The molecule has 2 N–H and O–H groups in total. The van der Waals surface area contributed by atoms with Gasteiger partial charge in [0.05, 0.1) is 6.54 Å². The van der Waals surface area contributed by atoms with Gasteiger partial charge in [0.25, 0.3) is 11.7 Å². The van der Waals surface area contributed by atoms with E-state index in [0.29, 0.717) is 12.4 Å². The molecular weight excluding hydrogens is 270 g/mol. The van der Waals surface area contributed by atoms with E-state index in [0.717, 1.165) is 12.1 Å². The second-order valence-corrected chi connectivity index (χ2v) is 5.17. The SMILES string of the molecule is Cc1ccnc(C[C@H](C)N(C)Cc2nc(C(N)=O)no2)c1. The summed E-state index contributed by atoms with van der Waals surface area (Å²) in [4.78, 5) is 21.3. The van der Waals surface area contributed by atoms with E-state index in [4.69, 9.17) is 10.3 Å². The maximum absolute atomic E-state index is 10.9. The number of carbonyl (C=O) groups is 1.